The van der Waals surface area contributed by atoms with Crippen molar-refractivity contribution in [2.75, 3.05) is 0 Å². The summed E-state index contributed by atoms with van der Waals surface area (Å²) in [5, 5.41) is 0. The Hall–Kier alpha value is -4.33. The highest BCUT2D eigenvalue weighted by Gasteiger charge is 2.43. The maximum atomic E-state index is 13.9. The standard InChI is InChI=1S/C25H18FN3O4/c26-18-11-6-12-19-22(18)28-21(27-19)14-33-25(32)20(13-15-7-2-1-3-8-15)29-23(30)16-9-4-5-10-17(16)24(29)31/h1-12,20H,13-14H2,(H,27,28)/t20-/m0/s1. The monoisotopic (exact) mass is 443 g/mol. The lowest BCUT2D eigenvalue weighted by molar-refractivity contribution is -0.149. The molecule has 33 heavy (non-hydrogen) atoms. The SMILES string of the molecule is O=C(OCc1nc2c(F)cccc2[nH]1)[C@H](Cc1ccccc1)N1C(=O)c2ccccc2C1=O. The molecular formula is C25H18FN3O4. The van der Waals surface area contributed by atoms with Gasteiger partial charge in [-0.3, -0.25) is 14.5 Å². The maximum Gasteiger partial charge on any atom is 0.330 e. The average Bonchev–Trinajstić information content (AvgIpc) is 3.37. The van der Waals surface area contributed by atoms with Crippen LogP contribution in [0.5, 0.6) is 0 Å². The molecule has 1 atom stereocenters. The number of halogens is 1. The van der Waals surface area contributed by atoms with E-state index in [0.29, 0.717) is 5.52 Å². The molecule has 7 nitrogen and oxygen atoms in total. The molecule has 8 heteroatoms. The minimum absolute atomic E-state index is 0.0971. The van der Waals surface area contributed by atoms with Gasteiger partial charge in [-0.25, -0.2) is 14.2 Å². The van der Waals surface area contributed by atoms with E-state index in [2.05, 4.69) is 9.97 Å². The molecule has 0 radical (unpaired) electrons. The van der Waals surface area contributed by atoms with E-state index >= 15 is 0 Å². The maximum absolute atomic E-state index is 13.9. The molecule has 0 bridgehead atoms. The first-order valence-electron chi connectivity index (χ1n) is 10.3. The predicted octanol–water partition coefficient (Wildman–Crippen LogP) is 3.65. The number of nitrogens with zero attached hydrogens (tertiary/aromatic N) is 2. The number of rotatable bonds is 6. The topological polar surface area (TPSA) is 92.4 Å². The molecule has 0 spiro atoms. The second-order valence-corrected chi connectivity index (χ2v) is 7.66. The van der Waals surface area contributed by atoms with Gasteiger partial charge in [0.2, 0.25) is 0 Å². The molecule has 2 heterocycles. The highest BCUT2D eigenvalue weighted by atomic mass is 19.1. The van der Waals surface area contributed by atoms with E-state index in [1.165, 1.54) is 6.07 Å². The number of H-pyrrole nitrogens is 1. The van der Waals surface area contributed by atoms with Gasteiger partial charge in [0.25, 0.3) is 11.8 Å². The average molecular weight is 443 g/mol. The number of aromatic amines is 1. The van der Waals surface area contributed by atoms with E-state index in [1.807, 2.05) is 18.2 Å². The zero-order valence-electron chi connectivity index (χ0n) is 17.3. The third-order valence-corrected chi connectivity index (χ3v) is 5.54. The van der Waals surface area contributed by atoms with Crippen LogP contribution in [0.15, 0.2) is 72.8 Å². The number of aromatic nitrogens is 2. The molecule has 0 saturated heterocycles. The number of imidazole rings is 1. The molecule has 1 aromatic heterocycles. The van der Waals surface area contributed by atoms with Crippen LogP contribution >= 0.6 is 0 Å². The lowest BCUT2D eigenvalue weighted by Gasteiger charge is -2.24. The van der Waals surface area contributed by atoms with Gasteiger partial charge in [0.1, 0.15) is 24.0 Å². The van der Waals surface area contributed by atoms with Gasteiger partial charge in [-0.05, 0) is 29.8 Å². The van der Waals surface area contributed by atoms with Gasteiger partial charge in [-0.15, -0.1) is 0 Å². The minimum atomic E-state index is -1.17. The molecule has 2 amide bonds. The fourth-order valence-electron chi connectivity index (χ4n) is 3.96. The van der Waals surface area contributed by atoms with Gasteiger partial charge < -0.3 is 9.72 Å². The van der Waals surface area contributed by atoms with Crippen LogP contribution in [-0.2, 0) is 22.6 Å². The number of amides is 2. The number of esters is 1. The molecule has 3 aromatic carbocycles. The fraction of sp³-hybridized carbons (Fsp3) is 0.120. The largest absolute Gasteiger partial charge is 0.456 e. The number of fused-ring (bicyclic) bond motifs is 2. The van der Waals surface area contributed by atoms with Crippen LogP contribution in [-0.4, -0.2) is 38.7 Å². The fourth-order valence-corrected chi connectivity index (χ4v) is 3.96. The van der Waals surface area contributed by atoms with Gasteiger partial charge in [0.15, 0.2) is 5.82 Å². The van der Waals surface area contributed by atoms with Gasteiger partial charge in [0, 0.05) is 6.42 Å². The van der Waals surface area contributed by atoms with Gasteiger partial charge in [-0.1, -0.05) is 48.5 Å². The highest BCUT2D eigenvalue weighted by molar-refractivity contribution is 6.22. The molecule has 1 N–H and O–H groups in total. The smallest absolute Gasteiger partial charge is 0.330 e. The summed E-state index contributed by atoms with van der Waals surface area (Å²) >= 11 is 0. The van der Waals surface area contributed by atoms with E-state index in [0.717, 1.165) is 10.5 Å². The molecule has 4 aromatic rings. The number of nitrogens with one attached hydrogen (secondary N) is 1. The summed E-state index contributed by atoms with van der Waals surface area (Å²) < 4.78 is 19.4. The Bertz CT molecular complexity index is 1350. The Morgan fingerprint density at radius 3 is 2.27 bits per heavy atom. The second kappa shape index (κ2) is 8.31. The number of hydrogen-bond donors (Lipinski definition) is 1. The minimum Gasteiger partial charge on any atom is -0.456 e. The molecule has 1 aliphatic rings. The number of ether oxygens (including phenoxy) is 1. The van der Waals surface area contributed by atoms with E-state index < -0.39 is 29.6 Å². The predicted molar refractivity (Wildman–Crippen MR) is 117 cm³/mol. The Morgan fingerprint density at radius 1 is 0.939 bits per heavy atom. The third-order valence-electron chi connectivity index (χ3n) is 5.54. The molecule has 0 fully saturated rings. The summed E-state index contributed by atoms with van der Waals surface area (Å²) in [4.78, 5) is 47.2. The number of benzene rings is 3. The molecule has 164 valence electrons. The van der Waals surface area contributed by atoms with Crippen molar-refractivity contribution in [3.8, 4) is 0 Å². The van der Waals surface area contributed by atoms with Crippen molar-refractivity contribution in [1.82, 2.24) is 14.9 Å². The van der Waals surface area contributed by atoms with Gasteiger partial charge in [0.05, 0.1) is 16.6 Å². The number of para-hydroxylation sites is 1. The lowest BCUT2D eigenvalue weighted by Crippen LogP contribution is -2.47. The van der Waals surface area contributed by atoms with Crippen molar-refractivity contribution in [3.05, 3.63) is 101 Å². The zero-order valence-corrected chi connectivity index (χ0v) is 17.3. The number of carbonyl (C=O) groups is 3. The van der Waals surface area contributed by atoms with Crippen LogP contribution in [0.3, 0.4) is 0 Å². The molecule has 0 aliphatic carbocycles. The molecule has 5 rings (SSSR count). The Labute approximate surface area is 187 Å². The van der Waals surface area contributed by atoms with Crippen molar-refractivity contribution in [1.29, 1.82) is 0 Å². The van der Waals surface area contributed by atoms with Crippen LogP contribution in [0, 0.1) is 5.82 Å². The highest BCUT2D eigenvalue weighted by Crippen LogP contribution is 2.27. The summed E-state index contributed by atoms with van der Waals surface area (Å²) in [5.41, 5.74) is 1.89. The first-order chi connectivity index (χ1) is 16.0. The summed E-state index contributed by atoms with van der Waals surface area (Å²) in [6.07, 6.45) is 0.0971. The summed E-state index contributed by atoms with van der Waals surface area (Å²) in [7, 11) is 0. The van der Waals surface area contributed by atoms with Crippen LogP contribution in [0.25, 0.3) is 11.0 Å². The number of carbonyl (C=O) groups excluding carboxylic acids is 3. The molecule has 1 aliphatic heterocycles. The van der Waals surface area contributed by atoms with Gasteiger partial charge in [-0.2, -0.15) is 0 Å². The Balaban J connectivity index is 1.41. The van der Waals surface area contributed by atoms with Crippen molar-refractivity contribution in [2.24, 2.45) is 0 Å². The third kappa shape index (κ3) is 3.76. The second-order valence-electron chi connectivity index (χ2n) is 7.66. The van der Waals surface area contributed by atoms with Crippen molar-refractivity contribution >= 4 is 28.8 Å². The first kappa shape index (κ1) is 20.6. The van der Waals surface area contributed by atoms with E-state index in [-0.39, 0.29) is 35.5 Å². The molecule has 0 unspecified atom stereocenters. The summed E-state index contributed by atoms with van der Waals surface area (Å²) in [5.74, 6) is -2.08. The van der Waals surface area contributed by atoms with Crippen LogP contribution in [0.2, 0.25) is 0 Å². The quantitative estimate of drug-likeness (QED) is 0.363. The van der Waals surface area contributed by atoms with Crippen LogP contribution in [0.4, 0.5) is 4.39 Å². The Morgan fingerprint density at radius 2 is 1.61 bits per heavy atom. The van der Waals surface area contributed by atoms with Gasteiger partial charge >= 0.3 is 5.97 Å². The zero-order chi connectivity index (χ0) is 22.9. The lowest BCUT2D eigenvalue weighted by atomic mass is 10.0. The number of hydrogen-bond acceptors (Lipinski definition) is 5. The van der Waals surface area contributed by atoms with Crippen LogP contribution in [0.1, 0.15) is 32.1 Å². The van der Waals surface area contributed by atoms with Crippen molar-refractivity contribution in [2.45, 2.75) is 19.1 Å². The summed E-state index contributed by atoms with van der Waals surface area (Å²) in [6, 6.07) is 18.8. The van der Waals surface area contributed by atoms with E-state index in [1.54, 1.807) is 48.5 Å². The van der Waals surface area contributed by atoms with Crippen LogP contribution < -0.4 is 0 Å². The normalized spacial score (nSPS) is 13.9. The van der Waals surface area contributed by atoms with Crippen molar-refractivity contribution < 1.29 is 23.5 Å². The van der Waals surface area contributed by atoms with E-state index in [9.17, 15) is 18.8 Å². The molecular weight excluding hydrogens is 425 g/mol. The first-order valence-corrected chi connectivity index (χ1v) is 10.3. The Kier molecular flexibility index (Phi) is 5.18. The summed E-state index contributed by atoms with van der Waals surface area (Å²) in [6.45, 7) is -0.262. The molecule has 0 saturated carbocycles. The number of imide groups is 1. The van der Waals surface area contributed by atoms with Crippen molar-refractivity contribution in [3.63, 3.8) is 0 Å². The van der Waals surface area contributed by atoms with E-state index in [4.69, 9.17) is 4.74 Å².